The van der Waals surface area contributed by atoms with E-state index >= 15 is 0 Å². The number of pyridine rings is 2. The van der Waals surface area contributed by atoms with Crippen molar-refractivity contribution in [3.8, 4) is 0 Å². The predicted octanol–water partition coefficient (Wildman–Crippen LogP) is 3.31. The Hall–Kier alpha value is -3.22. The van der Waals surface area contributed by atoms with E-state index in [1.807, 2.05) is 12.1 Å². The van der Waals surface area contributed by atoms with Gasteiger partial charge in [-0.1, -0.05) is 6.07 Å². The molecule has 1 amide bonds. The largest absolute Gasteiger partial charge is 0.481 e. The Morgan fingerprint density at radius 1 is 1.16 bits per heavy atom. The molecule has 3 aromatic heterocycles. The molecule has 0 spiro atoms. The van der Waals surface area contributed by atoms with Crippen molar-refractivity contribution in [3.63, 3.8) is 0 Å². The average molecular weight is 431 g/mol. The molecule has 2 N–H and O–H groups in total. The first-order valence-electron chi connectivity index (χ1n) is 11.4. The number of aromatic nitrogens is 3. The van der Waals surface area contributed by atoms with Gasteiger partial charge in [-0.05, 0) is 85.1 Å². The molecule has 6 rings (SSSR count). The van der Waals surface area contributed by atoms with Gasteiger partial charge in [0.1, 0.15) is 17.3 Å². The SMILES string of the molecule is O=C(NCC12CC3CC3CC1C2)c1cccc2nc(C(Cc3ccncc3)C(=O)O)cn12. The van der Waals surface area contributed by atoms with Crippen molar-refractivity contribution in [2.45, 2.75) is 38.0 Å². The third kappa shape index (κ3) is 3.36. The molecular formula is C25H26N4O3. The molecule has 3 aliphatic carbocycles. The Morgan fingerprint density at radius 3 is 2.81 bits per heavy atom. The second kappa shape index (κ2) is 7.15. The van der Waals surface area contributed by atoms with Gasteiger partial charge < -0.3 is 10.4 Å². The van der Waals surface area contributed by atoms with Crippen molar-refractivity contribution in [2.24, 2.45) is 23.2 Å². The maximum absolute atomic E-state index is 13.1. The van der Waals surface area contributed by atoms with Crippen LogP contribution in [0.1, 0.15) is 53.3 Å². The smallest absolute Gasteiger partial charge is 0.312 e. The topological polar surface area (TPSA) is 96.6 Å². The van der Waals surface area contributed by atoms with Crippen LogP contribution in [0.25, 0.3) is 5.65 Å². The van der Waals surface area contributed by atoms with Crippen LogP contribution in [0, 0.1) is 23.2 Å². The molecule has 0 aromatic carbocycles. The lowest BCUT2D eigenvalue weighted by Crippen LogP contribution is -2.33. The number of imidazole rings is 1. The maximum Gasteiger partial charge on any atom is 0.312 e. The molecule has 3 heterocycles. The fraction of sp³-hybridized carbons (Fsp3) is 0.440. The molecule has 7 nitrogen and oxygen atoms in total. The molecule has 3 saturated carbocycles. The summed E-state index contributed by atoms with van der Waals surface area (Å²) >= 11 is 0. The summed E-state index contributed by atoms with van der Waals surface area (Å²) in [7, 11) is 0. The van der Waals surface area contributed by atoms with Crippen LogP contribution >= 0.6 is 0 Å². The number of nitrogens with one attached hydrogen (secondary N) is 1. The van der Waals surface area contributed by atoms with Gasteiger partial charge in [-0.3, -0.25) is 19.0 Å². The summed E-state index contributed by atoms with van der Waals surface area (Å²) in [4.78, 5) is 33.6. The summed E-state index contributed by atoms with van der Waals surface area (Å²) in [6, 6.07) is 8.99. The van der Waals surface area contributed by atoms with E-state index in [0.29, 0.717) is 28.9 Å². The van der Waals surface area contributed by atoms with E-state index in [9.17, 15) is 14.7 Å². The Kier molecular flexibility index (Phi) is 4.35. The molecule has 0 bridgehead atoms. The highest BCUT2D eigenvalue weighted by Crippen LogP contribution is 2.70. The van der Waals surface area contributed by atoms with E-state index in [4.69, 9.17) is 0 Å². The van der Waals surface area contributed by atoms with Crippen LogP contribution in [0.5, 0.6) is 0 Å². The number of hydrogen-bond acceptors (Lipinski definition) is 4. The van der Waals surface area contributed by atoms with Gasteiger partial charge in [0.25, 0.3) is 5.91 Å². The summed E-state index contributed by atoms with van der Waals surface area (Å²) in [5, 5.41) is 13.0. The van der Waals surface area contributed by atoms with Crippen LogP contribution in [0.2, 0.25) is 0 Å². The zero-order chi connectivity index (χ0) is 21.9. The third-order valence-electron chi connectivity index (χ3n) is 7.87. The average Bonchev–Trinajstić information content (AvgIpc) is 3.66. The summed E-state index contributed by atoms with van der Waals surface area (Å²) < 4.78 is 1.72. The summed E-state index contributed by atoms with van der Waals surface area (Å²) in [5.41, 5.74) is 2.71. The highest BCUT2D eigenvalue weighted by molar-refractivity contribution is 5.93. The Bertz CT molecular complexity index is 1210. The molecule has 0 aliphatic heterocycles. The van der Waals surface area contributed by atoms with Crippen molar-refractivity contribution in [3.05, 3.63) is 65.9 Å². The van der Waals surface area contributed by atoms with Gasteiger partial charge in [-0.25, -0.2) is 4.98 Å². The van der Waals surface area contributed by atoms with Gasteiger partial charge in [-0.2, -0.15) is 0 Å². The van der Waals surface area contributed by atoms with Gasteiger partial charge in [0.15, 0.2) is 0 Å². The number of carbonyl (C=O) groups excluding carboxylic acids is 1. The lowest BCUT2D eigenvalue weighted by molar-refractivity contribution is -0.138. The quantitative estimate of drug-likeness (QED) is 0.600. The number of rotatable bonds is 7. The van der Waals surface area contributed by atoms with Crippen LogP contribution in [-0.4, -0.2) is 37.9 Å². The van der Waals surface area contributed by atoms with Crippen LogP contribution in [0.15, 0.2) is 48.9 Å². The number of fused-ring (bicyclic) bond motifs is 3. The van der Waals surface area contributed by atoms with Crippen molar-refractivity contribution in [2.75, 3.05) is 6.54 Å². The molecule has 3 aromatic rings. The Balaban J connectivity index is 1.22. The fourth-order valence-electron chi connectivity index (χ4n) is 5.84. The molecule has 3 fully saturated rings. The molecule has 5 atom stereocenters. The highest BCUT2D eigenvalue weighted by atomic mass is 16.4. The van der Waals surface area contributed by atoms with Crippen molar-refractivity contribution >= 4 is 17.5 Å². The van der Waals surface area contributed by atoms with Crippen LogP contribution in [-0.2, 0) is 11.2 Å². The van der Waals surface area contributed by atoms with Gasteiger partial charge in [0.2, 0.25) is 0 Å². The Morgan fingerprint density at radius 2 is 2.00 bits per heavy atom. The lowest BCUT2D eigenvalue weighted by Gasteiger charge is -2.22. The van der Waals surface area contributed by atoms with Crippen molar-refractivity contribution < 1.29 is 14.7 Å². The molecular weight excluding hydrogens is 404 g/mol. The van der Waals surface area contributed by atoms with Crippen LogP contribution in [0.3, 0.4) is 0 Å². The predicted molar refractivity (Wildman–Crippen MR) is 117 cm³/mol. The van der Waals surface area contributed by atoms with E-state index < -0.39 is 11.9 Å². The van der Waals surface area contributed by atoms with Crippen molar-refractivity contribution in [1.29, 1.82) is 0 Å². The van der Waals surface area contributed by atoms with Gasteiger partial charge in [0.05, 0.1) is 5.69 Å². The summed E-state index contributed by atoms with van der Waals surface area (Å²) in [6.45, 7) is 0.734. The second-order valence-corrected chi connectivity index (χ2v) is 9.90. The molecule has 0 radical (unpaired) electrons. The normalized spacial score (nSPS) is 28.4. The van der Waals surface area contributed by atoms with Crippen LogP contribution < -0.4 is 5.32 Å². The first-order chi connectivity index (χ1) is 15.5. The maximum atomic E-state index is 13.1. The zero-order valence-electron chi connectivity index (χ0n) is 17.8. The fourth-order valence-corrected chi connectivity index (χ4v) is 5.84. The Labute approximate surface area is 185 Å². The molecule has 3 aliphatic rings. The van der Waals surface area contributed by atoms with E-state index in [1.165, 1.54) is 25.7 Å². The van der Waals surface area contributed by atoms with E-state index in [-0.39, 0.29) is 5.91 Å². The number of carbonyl (C=O) groups is 2. The first-order valence-corrected chi connectivity index (χ1v) is 11.4. The van der Waals surface area contributed by atoms with E-state index in [2.05, 4.69) is 15.3 Å². The molecule has 7 heteroatoms. The summed E-state index contributed by atoms with van der Waals surface area (Å²) in [6.07, 6.45) is 10.5. The number of amides is 1. The third-order valence-corrected chi connectivity index (χ3v) is 7.87. The van der Waals surface area contributed by atoms with Crippen molar-refractivity contribution in [1.82, 2.24) is 19.7 Å². The number of carboxylic acids is 1. The van der Waals surface area contributed by atoms with Gasteiger partial charge in [-0.15, -0.1) is 0 Å². The molecule has 0 saturated heterocycles. The summed E-state index contributed by atoms with van der Waals surface area (Å²) in [5.74, 6) is 0.765. The van der Waals surface area contributed by atoms with E-state index in [0.717, 1.165) is 29.9 Å². The zero-order valence-corrected chi connectivity index (χ0v) is 17.8. The van der Waals surface area contributed by atoms with Crippen LogP contribution in [0.4, 0.5) is 0 Å². The molecule has 32 heavy (non-hydrogen) atoms. The molecule has 5 unspecified atom stereocenters. The lowest BCUT2D eigenvalue weighted by atomic mass is 9.88. The minimum atomic E-state index is -0.939. The standard InChI is InChI=1S/C25H26N4O3/c30-23(27-14-25-11-17-9-16(17)10-18(25)12-25)21-2-1-3-22-28-20(13-29(21)22)19(24(31)32)8-15-4-6-26-7-5-15/h1-7,13,16-19H,8-12,14H2,(H,27,30)(H,31,32). The highest BCUT2D eigenvalue weighted by Gasteiger charge is 2.63. The van der Waals surface area contributed by atoms with Gasteiger partial charge in [0, 0.05) is 25.1 Å². The minimum absolute atomic E-state index is 0.126. The second-order valence-electron chi connectivity index (χ2n) is 9.90. The number of carboxylic acid groups (broad SMARTS) is 1. The molecule has 164 valence electrons. The van der Waals surface area contributed by atoms with E-state index in [1.54, 1.807) is 41.2 Å². The minimum Gasteiger partial charge on any atom is -0.481 e. The number of nitrogens with zero attached hydrogens (tertiary/aromatic N) is 3. The monoisotopic (exact) mass is 430 g/mol. The first kappa shape index (κ1) is 19.5. The number of aliphatic carboxylic acids is 1. The number of hydrogen-bond donors (Lipinski definition) is 2. The van der Waals surface area contributed by atoms with Gasteiger partial charge >= 0.3 is 5.97 Å².